The molecule has 1 aliphatic heterocycles. The summed E-state index contributed by atoms with van der Waals surface area (Å²) in [7, 11) is 1.78. The van der Waals surface area contributed by atoms with Crippen molar-refractivity contribution in [3.05, 3.63) is 35.9 Å². The van der Waals surface area contributed by atoms with Gasteiger partial charge in [-0.25, -0.2) is 0 Å². The summed E-state index contributed by atoms with van der Waals surface area (Å²) in [4.78, 5) is 4.80. The zero-order valence-corrected chi connectivity index (χ0v) is 12.8. The van der Waals surface area contributed by atoms with E-state index in [4.69, 9.17) is 9.73 Å². The van der Waals surface area contributed by atoms with E-state index in [1.165, 1.54) is 18.4 Å². The van der Waals surface area contributed by atoms with Crippen molar-refractivity contribution in [1.82, 2.24) is 5.32 Å². The first kappa shape index (κ1) is 14.0. The molecule has 1 N–H and O–H groups in total. The largest absolute Gasteiger partial charge is 0.385 e. The highest BCUT2D eigenvalue weighted by molar-refractivity contribution is 8.14. The Morgan fingerprint density at radius 3 is 2.85 bits per heavy atom. The van der Waals surface area contributed by atoms with E-state index in [1.54, 1.807) is 7.11 Å². The second kappa shape index (κ2) is 6.19. The third-order valence-electron chi connectivity index (χ3n) is 4.24. The number of methoxy groups -OCH3 is 1. The minimum absolute atomic E-state index is 0.411. The quantitative estimate of drug-likeness (QED) is 0.873. The van der Waals surface area contributed by atoms with Crippen LogP contribution in [0.25, 0.3) is 0 Å². The number of benzene rings is 1. The van der Waals surface area contributed by atoms with Gasteiger partial charge in [0.05, 0.1) is 6.04 Å². The monoisotopic (exact) mass is 290 g/mol. The van der Waals surface area contributed by atoms with Crippen LogP contribution < -0.4 is 5.32 Å². The lowest BCUT2D eigenvalue weighted by Crippen LogP contribution is -2.20. The Balaban J connectivity index is 1.54. The topological polar surface area (TPSA) is 33.6 Å². The SMILES string of the molecule is COCCC1(CN=C2NC(c3ccccc3)CS2)CC1. The van der Waals surface area contributed by atoms with Gasteiger partial charge in [0.1, 0.15) is 0 Å². The van der Waals surface area contributed by atoms with Gasteiger partial charge < -0.3 is 10.1 Å². The molecule has 1 saturated carbocycles. The number of thioether (sulfide) groups is 1. The molecular formula is C16H22N2OS. The average molecular weight is 290 g/mol. The summed E-state index contributed by atoms with van der Waals surface area (Å²) in [6.07, 6.45) is 3.76. The van der Waals surface area contributed by atoms with Gasteiger partial charge in [-0.1, -0.05) is 42.1 Å². The van der Waals surface area contributed by atoms with Gasteiger partial charge in [0.15, 0.2) is 5.17 Å². The van der Waals surface area contributed by atoms with Crippen molar-refractivity contribution in [2.45, 2.75) is 25.3 Å². The first-order valence-electron chi connectivity index (χ1n) is 7.29. The summed E-state index contributed by atoms with van der Waals surface area (Å²) in [5.41, 5.74) is 1.79. The van der Waals surface area contributed by atoms with Gasteiger partial charge in [0.2, 0.25) is 0 Å². The maximum atomic E-state index is 5.20. The fraction of sp³-hybridized carbons (Fsp3) is 0.562. The molecule has 1 saturated heterocycles. The fourth-order valence-electron chi connectivity index (χ4n) is 2.57. The molecule has 1 atom stereocenters. The molecule has 3 nitrogen and oxygen atoms in total. The maximum Gasteiger partial charge on any atom is 0.157 e. The van der Waals surface area contributed by atoms with Crippen molar-refractivity contribution in [2.24, 2.45) is 10.4 Å². The maximum absolute atomic E-state index is 5.20. The molecule has 108 valence electrons. The van der Waals surface area contributed by atoms with Crippen molar-refractivity contribution < 1.29 is 4.74 Å². The minimum Gasteiger partial charge on any atom is -0.385 e. The molecule has 20 heavy (non-hydrogen) atoms. The number of ether oxygens (including phenoxy) is 1. The normalized spacial score (nSPS) is 25.6. The van der Waals surface area contributed by atoms with E-state index in [9.17, 15) is 0 Å². The smallest absolute Gasteiger partial charge is 0.157 e. The Hall–Kier alpha value is -1.00. The van der Waals surface area contributed by atoms with Gasteiger partial charge in [0.25, 0.3) is 0 Å². The van der Waals surface area contributed by atoms with Crippen molar-refractivity contribution in [3.63, 3.8) is 0 Å². The number of aliphatic imine (C=N–C) groups is 1. The van der Waals surface area contributed by atoms with Crippen LogP contribution in [0.15, 0.2) is 35.3 Å². The van der Waals surface area contributed by atoms with Crippen molar-refractivity contribution in [3.8, 4) is 0 Å². The average Bonchev–Trinajstić information content (AvgIpc) is 3.11. The van der Waals surface area contributed by atoms with Gasteiger partial charge in [-0.3, -0.25) is 4.99 Å². The van der Waals surface area contributed by atoms with Crippen LogP contribution in [0.5, 0.6) is 0 Å². The van der Waals surface area contributed by atoms with E-state index in [1.807, 2.05) is 11.8 Å². The molecule has 1 aliphatic carbocycles. The molecule has 0 aromatic heterocycles. The fourth-order valence-corrected chi connectivity index (χ4v) is 3.55. The van der Waals surface area contributed by atoms with E-state index < -0.39 is 0 Å². The Labute approximate surface area is 125 Å². The molecule has 0 bridgehead atoms. The predicted octanol–water partition coefficient (Wildman–Crippen LogP) is 3.24. The van der Waals surface area contributed by atoms with Gasteiger partial charge in [-0.2, -0.15) is 0 Å². The van der Waals surface area contributed by atoms with Gasteiger partial charge in [-0.15, -0.1) is 0 Å². The molecule has 1 heterocycles. The molecule has 1 aromatic carbocycles. The van der Waals surface area contributed by atoms with E-state index in [0.29, 0.717) is 11.5 Å². The predicted molar refractivity (Wildman–Crippen MR) is 85.2 cm³/mol. The van der Waals surface area contributed by atoms with Crippen molar-refractivity contribution >= 4 is 16.9 Å². The van der Waals surface area contributed by atoms with E-state index in [0.717, 1.165) is 30.5 Å². The molecule has 3 rings (SSSR count). The molecule has 2 aliphatic rings. The zero-order valence-electron chi connectivity index (χ0n) is 12.0. The van der Waals surface area contributed by atoms with Gasteiger partial charge in [0, 0.05) is 26.0 Å². The van der Waals surface area contributed by atoms with Gasteiger partial charge >= 0.3 is 0 Å². The highest BCUT2D eigenvalue weighted by atomic mass is 32.2. The molecule has 1 unspecified atom stereocenters. The van der Waals surface area contributed by atoms with E-state index >= 15 is 0 Å². The van der Waals surface area contributed by atoms with Crippen LogP contribution in [0.3, 0.4) is 0 Å². The number of amidine groups is 1. The number of rotatable bonds is 6. The Morgan fingerprint density at radius 2 is 2.15 bits per heavy atom. The third kappa shape index (κ3) is 3.36. The van der Waals surface area contributed by atoms with Crippen LogP contribution in [0.1, 0.15) is 30.9 Å². The van der Waals surface area contributed by atoms with Crippen LogP contribution in [0.2, 0.25) is 0 Å². The van der Waals surface area contributed by atoms with E-state index in [-0.39, 0.29) is 0 Å². The molecule has 0 radical (unpaired) electrons. The zero-order chi connectivity index (χ0) is 13.8. The first-order chi connectivity index (χ1) is 9.81. The van der Waals surface area contributed by atoms with Crippen LogP contribution >= 0.6 is 11.8 Å². The Kier molecular flexibility index (Phi) is 4.32. The van der Waals surface area contributed by atoms with Crippen molar-refractivity contribution in [1.29, 1.82) is 0 Å². The highest BCUT2D eigenvalue weighted by Gasteiger charge is 2.42. The summed E-state index contributed by atoms with van der Waals surface area (Å²) in [6, 6.07) is 11.0. The number of hydrogen-bond acceptors (Lipinski definition) is 3. The molecule has 0 spiro atoms. The summed E-state index contributed by atoms with van der Waals surface area (Å²) in [6.45, 7) is 1.81. The standard InChI is InChI=1S/C16H22N2OS/c1-19-10-9-16(7-8-16)12-17-15-18-14(11-20-15)13-5-3-2-4-6-13/h2-6,14H,7-12H2,1H3,(H,17,18). The number of nitrogens with one attached hydrogen (secondary N) is 1. The summed E-state index contributed by atoms with van der Waals surface area (Å²) < 4.78 is 5.20. The molecular weight excluding hydrogens is 268 g/mol. The lowest BCUT2D eigenvalue weighted by atomic mass is 10.0. The molecule has 0 amide bonds. The first-order valence-corrected chi connectivity index (χ1v) is 8.28. The molecule has 2 fully saturated rings. The minimum atomic E-state index is 0.411. The lowest BCUT2D eigenvalue weighted by Gasteiger charge is -2.12. The van der Waals surface area contributed by atoms with E-state index in [2.05, 4.69) is 35.6 Å². The summed E-state index contributed by atoms with van der Waals surface area (Å²) in [5.74, 6) is 1.08. The van der Waals surface area contributed by atoms with Gasteiger partial charge in [-0.05, 0) is 30.2 Å². The molecule has 1 aromatic rings. The number of hydrogen-bond donors (Lipinski definition) is 1. The summed E-state index contributed by atoms with van der Waals surface area (Å²) >= 11 is 1.85. The van der Waals surface area contributed by atoms with Crippen LogP contribution in [-0.4, -0.2) is 31.2 Å². The third-order valence-corrected chi connectivity index (χ3v) is 5.26. The van der Waals surface area contributed by atoms with Crippen LogP contribution in [0.4, 0.5) is 0 Å². The second-order valence-electron chi connectivity index (χ2n) is 5.78. The number of nitrogens with zero attached hydrogens (tertiary/aromatic N) is 1. The highest BCUT2D eigenvalue weighted by Crippen LogP contribution is 2.49. The lowest BCUT2D eigenvalue weighted by molar-refractivity contribution is 0.174. The molecule has 4 heteroatoms. The van der Waals surface area contributed by atoms with Crippen LogP contribution in [0, 0.1) is 5.41 Å². The second-order valence-corrected chi connectivity index (χ2v) is 6.79. The Morgan fingerprint density at radius 1 is 1.35 bits per heavy atom. The Bertz CT molecular complexity index is 471. The van der Waals surface area contributed by atoms with Crippen molar-refractivity contribution in [2.75, 3.05) is 26.0 Å². The summed E-state index contributed by atoms with van der Waals surface area (Å²) in [5, 5.41) is 4.66. The van der Waals surface area contributed by atoms with Crippen LogP contribution in [-0.2, 0) is 4.74 Å².